The zero-order valence-electron chi connectivity index (χ0n) is 13.7. The number of morpholine rings is 1. The van der Waals surface area contributed by atoms with E-state index in [1.807, 2.05) is 6.92 Å². The molecule has 2 aliphatic heterocycles. The number of esters is 1. The van der Waals surface area contributed by atoms with Crippen molar-refractivity contribution < 1.29 is 19.0 Å². The smallest absolute Gasteiger partial charge is 0.310 e. The highest BCUT2D eigenvalue weighted by atomic mass is 16.5. The highest BCUT2D eigenvalue weighted by molar-refractivity contribution is 5.81. The number of guanidine groups is 1. The summed E-state index contributed by atoms with van der Waals surface area (Å²) in [5.74, 6) is 0.362. The molecule has 0 aliphatic carbocycles. The van der Waals surface area contributed by atoms with Gasteiger partial charge in [-0.15, -0.1) is 0 Å². The number of carbonyl (C=O) groups excluding carboxylic acids is 1. The van der Waals surface area contributed by atoms with Crippen molar-refractivity contribution in [2.24, 2.45) is 10.9 Å². The molecular formula is C15H27N3O4. The number of aliphatic imine (C=N–C) groups is 1. The largest absolute Gasteiger partial charge is 0.469 e. The standard InChI is InChI=1S/C15H27N3O4/c1-11(14(19)20-3)9-17-15(16-2)18-6-8-22-13(10-18)12-5-4-7-21-12/h11-13H,4-10H2,1-3H3,(H,16,17). The Bertz CT molecular complexity index is 396. The molecule has 22 heavy (non-hydrogen) atoms. The Hall–Kier alpha value is -1.34. The molecule has 0 saturated carbocycles. The van der Waals surface area contributed by atoms with Crippen LogP contribution < -0.4 is 5.32 Å². The SMILES string of the molecule is CN=C(NCC(C)C(=O)OC)N1CCOC(C2CCCO2)C1. The molecule has 0 radical (unpaired) electrons. The molecule has 0 aromatic heterocycles. The van der Waals surface area contributed by atoms with Gasteiger partial charge in [0.25, 0.3) is 0 Å². The molecule has 0 spiro atoms. The average Bonchev–Trinajstić information content (AvgIpc) is 3.09. The van der Waals surface area contributed by atoms with Crippen molar-refractivity contribution in [1.82, 2.24) is 10.2 Å². The van der Waals surface area contributed by atoms with Crippen molar-refractivity contribution >= 4 is 11.9 Å². The number of nitrogens with zero attached hydrogens (tertiary/aromatic N) is 2. The molecule has 3 unspecified atom stereocenters. The maximum absolute atomic E-state index is 11.5. The van der Waals surface area contributed by atoms with E-state index in [0.29, 0.717) is 13.2 Å². The van der Waals surface area contributed by atoms with E-state index < -0.39 is 0 Å². The van der Waals surface area contributed by atoms with E-state index in [9.17, 15) is 4.79 Å². The van der Waals surface area contributed by atoms with Gasteiger partial charge in [0.2, 0.25) is 0 Å². The number of methoxy groups -OCH3 is 1. The topological polar surface area (TPSA) is 72.4 Å². The quantitative estimate of drug-likeness (QED) is 0.456. The van der Waals surface area contributed by atoms with Gasteiger partial charge in [-0.25, -0.2) is 0 Å². The van der Waals surface area contributed by atoms with Crippen molar-refractivity contribution in [1.29, 1.82) is 0 Å². The molecule has 2 saturated heterocycles. The molecule has 0 amide bonds. The Labute approximate surface area is 132 Å². The number of rotatable bonds is 4. The summed E-state index contributed by atoms with van der Waals surface area (Å²) in [4.78, 5) is 17.9. The number of carbonyl (C=O) groups is 1. The third kappa shape index (κ3) is 4.33. The van der Waals surface area contributed by atoms with Gasteiger partial charge in [-0.2, -0.15) is 0 Å². The van der Waals surface area contributed by atoms with Crippen LogP contribution in [-0.2, 0) is 19.0 Å². The molecule has 2 rings (SSSR count). The fourth-order valence-corrected chi connectivity index (χ4v) is 2.85. The van der Waals surface area contributed by atoms with Crippen LogP contribution in [0, 0.1) is 5.92 Å². The van der Waals surface area contributed by atoms with E-state index in [4.69, 9.17) is 14.2 Å². The Morgan fingerprint density at radius 3 is 2.82 bits per heavy atom. The summed E-state index contributed by atoms with van der Waals surface area (Å²) in [5, 5.41) is 3.24. The Kier molecular flexibility index (Phi) is 6.45. The first-order valence-corrected chi connectivity index (χ1v) is 7.92. The molecule has 0 aromatic rings. The monoisotopic (exact) mass is 313 g/mol. The summed E-state index contributed by atoms with van der Waals surface area (Å²) in [7, 11) is 3.16. The summed E-state index contributed by atoms with van der Waals surface area (Å²) < 4.78 is 16.3. The van der Waals surface area contributed by atoms with Crippen LogP contribution in [0.25, 0.3) is 0 Å². The van der Waals surface area contributed by atoms with Gasteiger partial charge in [0.05, 0.1) is 25.7 Å². The molecule has 126 valence electrons. The number of ether oxygens (including phenoxy) is 3. The zero-order valence-corrected chi connectivity index (χ0v) is 13.7. The van der Waals surface area contributed by atoms with Crippen molar-refractivity contribution in [3.05, 3.63) is 0 Å². The highest BCUT2D eigenvalue weighted by Gasteiger charge is 2.32. The summed E-state index contributed by atoms with van der Waals surface area (Å²) in [6.07, 6.45) is 2.45. The lowest BCUT2D eigenvalue weighted by atomic mass is 10.1. The summed E-state index contributed by atoms with van der Waals surface area (Å²) in [5.41, 5.74) is 0. The Morgan fingerprint density at radius 1 is 1.41 bits per heavy atom. The van der Waals surface area contributed by atoms with Crippen molar-refractivity contribution in [2.75, 3.05) is 47.0 Å². The van der Waals surface area contributed by atoms with E-state index in [1.165, 1.54) is 7.11 Å². The lowest BCUT2D eigenvalue weighted by molar-refractivity contribution is -0.144. The van der Waals surface area contributed by atoms with Gasteiger partial charge in [-0.1, -0.05) is 6.92 Å². The van der Waals surface area contributed by atoms with Gasteiger partial charge in [-0.3, -0.25) is 9.79 Å². The average molecular weight is 313 g/mol. The Morgan fingerprint density at radius 2 is 2.18 bits per heavy atom. The number of nitrogens with one attached hydrogen (secondary N) is 1. The molecule has 2 fully saturated rings. The third-order valence-corrected chi connectivity index (χ3v) is 4.15. The third-order valence-electron chi connectivity index (χ3n) is 4.15. The van der Waals surface area contributed by atoms with Crippen LogP contribution in [0.4, 0.5) is 0 Å². The van der Waals surface area contributed by atoms with Gasteiger partial charge >= 0.3 is 5.97 Å². The maximum atomic E-state index is 11.5. The van der Waals surface area contributed by atoms with Crippen LogP contribution in [0.3, 0.4) is 0 Å². The summed E-state index contributed by atoms with van der Waals surface area (Å²) in [6, 6.07) is 0. The van der Waals surface area contributed by atoms with Crippen LogP contribution in [0.1, 0.15) is 19.8 Å². The predicted octanol–water partition coefficient (Wildman–Crippen LogP) is 0.251. The van der Waals surface area contributed by atoms with Crippen LogP contribution >= 0.6 is 0 Å². The van der Waals surface area contributed by atoms with Crippen LogP contribution in [-0.4, -0.2) is 76.0 Å². The minimum Gasteiger partial charge on any atom is -0.469 e. The molecule has 0 aromatic carbocycles. The minimum atomic E-state index is -0.220. The maximum Gasteiger partial charge on any atom is 0.310 e. The van der Waals surface area contributed by atoms with Crippen LogP contribution in [0.2, 0.25) is 0 Å². The van der Waals surface area contributed by atoms with Crippen LogP contribution in [0.15, 0.2) is 4.99 Å². The number of hydrogen-bond donors (Lipinski definition) is 1. The van der Waals surface area contributed by atoms with Gasteiger partial charge in [0, 0.05) is 33.3 Å². The first-order chi connectivity index (χ1) is 10.7. The zero-order chi connectivity index (χ0) is 15.9. The second-order valence-corrected chi connectivity index (χ2v) is 5.76. The summed E-state index contributed by atoms with van der Waals surface area (Å²) >= 11 is 0. The molecule has 7 heteroatoms. The molecule has 2 heterocycles. The predicted molar refractivity (Wildman–Crippen MR) is 82.8 cm³/mol. The fourth-order valence-electron chi connectivity index (χ4n) is 2.85. The van der Waals surface area contributed by atoms with Crippen molar-refractivity contribution in [2.45, 2.75) is 32.0 Å². The minimum absolute atomic E-state index is 0.0906. The van der Waals surface area contributed by atoms with E-state index in [1.54, 1.807) is 7.05 Å². The van der Waals surface area contributed by atoms with E-state index in [-0.39, 0.29) is 24.1 Å². The summed E-state index contributed by atoms with van der Waals surface area (Å²) in [6.45, 7) is 5.38. The second-order valence-electron chi connectivity index (χ2n) is 5.76. The second kappa shape index (κ2) is 8.33. The molecule has 7 nitrogen and oxygen atoms in total. The van der Waals surface area contributed by atoms with E-state index >= 15 is 0 Å². The van der Waals surface area contributed by atoms with Crippen LogP contribution in [0.5, 0.6) is 0 Å². The lowest BCUT2D eigenvalue weighted by Gasteiger charge is -2.37. The van der Waals surface area contributed by atoms with Gasteiger partial charge < -0.3 is 24.4 Å². The first kappa shape index (κ1) is 17.0. The normalized spacial score (nSPS) is 27.6. The number of hydrogen-bond acceptors (Lipinski definition) is 5. The molecule has 1 N–H and O–H groups in total. The van der Waals surface area contributed by atoms with E-state index in [2.05, 4.69) is 15.2 Å². The van der Waals surface area contributed by atoms with Gasteiger partial charge in [-0.05, 0) is 12.8 Å². The molecular weight excluding hydrogens is 286 g/mol. The highest BCUT2D eigenvalue weighted by Crippen LogP contribution is 2.21. The van der Waals surface area contributed by atoms with Crippen molar-refractivity contribution in [3.8, 4) is 0 Å². The lowest BCUT2D eigenvalue weighted by Crippen LogP contribution is -2.54. The molecule has 2 aliphatic rings. The van der Waals surface area contributed by atoms with Crippen molar-refractivity contribution in [3.63, 3.8) is 0 Å². The fraction of sp³-hybridized carbons (Fsp3) is 0.867. The Balaban J connectivity index is 1.85. The van der Waals surface area contributed by atoms with Gasteiger partial charge in [0.15, 0.2) is 5.96 Å². The molecule has 3 atom stereocenters. The van der Waals surface area contributed by atoms with Gasteiger partial charge in [0.1, 0.15) is 6.10 Å². The molecule has 0 bridgehead atoms. The first-order valence-electron chi connectivity index (χ1n) is 7.92. The van der Waals surface area contributed by atoms with E-state index in [0.717, 1.165) is 38.5 Å².